The van der Waals surface area contributed by atoms with Gasteiger partial charge in [-0.2, -0.15) is 5.26 Å². The topological polar surface area (TPSA) is 39.1 Å². The molecule has 3 heteroatoms. The summed E-state index contributed by atoms with van der Waals surface area (Å²) >= 11 is 0. The van der Waals surface area contributed by atoms with Crippen molar-refractivity contribution in [1.29, 1.82) is 5.26 Å². The Hall–Kier alpha value is -0.850. The molecule has 0 aliphatic rings. The maximum absolute atomic E-state index is 8.45. The van der Waals surface area contributed by atoms with Crippen molar-refractivity contribution in [2.45, 2.75) is 32.7 Å². The molecule has 0 fully saturated rings. The van der Waals surface area contributed by atoms with Gasteiger partial charge in [-0.1, -0.05) is 6.58 Å². The van der Waals surface area contributed by atoms with Crippen LogP contribution in [0.15, 0.2) is 12.2 Å². The molecule has 15 heavy (non-hydrogen) atoms. The molecule has 0 bridgehead atoms. The molecule has 0 rings (SSSR count). The highest BCUT2D eigenvalue weighted by Crippen LogP contribution is 2.01. The van der Waals surface area contributed by atoms with E-state index in [4.69, 9.17) is 5.26 Å². The third-order valence-electron chi connectivity index (χ3n) is 1.97. The SMILES string of the molecule is C=C(CNC(C)(C)C)CN(C)CCC#N. The number of likely N-dealkylation sites (N-methyl/N-ethyl adjacent to an activating group) is 1. The smallest absolute Gasteiger partial charge is 0.0635 e. The van der Waals surface area contributed by atoms with Crippen LogP contribution in [0.1, 0.15) is 27.2 Å². The van der Waals surface area contributed by atoms with Crippen LogP contribution in [0.2, 0.25) is 0 Å². The average molecular weight is 209 g/mol. The van der Waals surface area contributed by atoms with Crippen LogP contribution >= 0.6 is 0 Å². The molecule has 0 heterocycles. The van der Waals surface area contributed by atoms with Gasteiger partial charge in [-0.3, -0.25) is 0 Å². The molecule has 0 aromatic carbocycles. The number of nitrogens with one attached hydrogen (secondary N) is 1. The van der Waals surface area contributed by atoms with E-state index in [9.17, 15) is 0 Å². The van der Waals surface area contributed by atoms with Gasteiger partial charge in [0.05, 0.1) is 6.07 Å². The van der Waals surface area contributed by atoms with Gasteiger partial charge in [0.15, 0.2) is 0 Å². The van der Waals surface area contributed by atoms with Gasteiger partial charge in [-0.25, -0.2) is 0 Å². The Morgan fingerprint density at radius 3 is 2.53 bits per heavy atom. The fraction of sp³-hybridized carbons (Fsp3) is 0.750. The van der Waals surface area contributed by atoms with E-state index < -0.39 is 0 Å². The van der Waals surface area contributed by atoms with Crippen LogP contribution in [0.4, 0.5) is 0 Å². The van der Waals surface area contributed by atoms with Gasteiger partial charge < -0.3 is 10.2 Å². The predicted octanol–water partition coefficient (Wildman–Crippen LogP) is 1.78. The highest BCUT2D eigenvalue weighted by atomic mass is 15.1. The molecule has 0 saturated carbocycles. The molecular formula is C12H23N3. The van der Waals surface area contributed by atoms with E-state index >= 15 is 0 Å². The van der Waals surface area contributed by atoms with Crippen molar-refractivity contribution in [2.24, 2.45) is 0 Å². The summed E-state index contributed by atoms with van der Waals surface area (Å²) in [6, 6.07) is 2.14. The molecule has 86 valence electrons. The molecule has 1 N–H and O–H groups in total. The zero-order chi connectivity index (χ0) is 11.9. The lowest BCUT2D eigenvalue weighted by atomic mass is 10.1. The molecule has 0 aromatic rings. The molecule has 0 aromatic heterocycles. The lowest BCUT2D eigenvalue weighted by molar-refractivity contribution is 0.360. The third-order valence-corrected chi connectivity index (χ3v) is 1.97. The number of hydrogen-bond acceptors (Lipinski definition) is 3. The Morgan fingerprint density at radius 2 is 2.07 bits per heavy atom. The van der Waals surface area contributed by atoms with Crippen molar-refractivity contribution in [3.63, 3.8) is 0 Å². The minimum atomic E-state index is 0.133. The summed E-state index contributed by atoms with van der Waals surface area (Å²) in [5, 5.41) is 11.8. The third kappa shape index (κ3) is 9.45. The summed E-state index contributed by atoms with van der Waals surface area (Å²) in [4.78, 5) is 2.12. The van der Waals surface area contributed by atoms with Crippen LogP contribution in [0.5, 0.6) is 0 Å². The minimum absolute atomic E-state index is 0.133. The van der Waals surface area contributed by atoms with E-state index in [0.717, 1.165) is 25.2 Å². The second-order valence-electron chi connectivity index (χ2n) is 5.00. The van der Waals surface area contributed by atoms with E-state index in [0.29, 0.717) is 6.42 Å². The second kappa shape index (κ2) is 6.60. The zero-order valence-corrected chi connectivity index (χ0v) is 10.4. The molecule has 0 amide bonds. The van der Waals surface area contributed by atoms with Crippen molar-refractivity contribution < 1.29 is 0 Å². The Bertz CT molecular complexity index is 232. The van der Waals surface area contributed by atoms with E-state index in [1.165, 1.54) is 0 Å². The molecule has 0 atom stereocenters. The maximum Gasteiger partial charge on any atom is 0.0635 e. The Labute approximate surface area is 93.8 Å². The van der Waals surface area contributed by atoms with Crippen LogP contribution in [-0.4, -0.2) is 37.1 Å². The first kappa shape index (κ1) is 14.2. The van der Waals surface area contributed by atoms with E-state index in [1.807, 2.05) is 7.05 Å². The van der Waals surface area contributed by atoms with Crippen LogP contribution in [0, 0.1) is 11.3 Å². The summed E-state index contributed by atoms with van der Waals surface area (Å²) in [5.74, 6) is 0. The van der Waals surface area contributed by atoms with Gasteiger partial charge in [0, 0.05) is 31.6 Å². The second-order valence-corrected chi connectivity index (χ2v) is 5.00. The fourth-order valence-electron chi connectivity index (χ4n) is 1.15. The first-order valence-electron chi connectivity index (χ1n) is 5.32. The maximum atomic E-state index is 8.45. The Kier molecular flexibility index (Phi) is 6.23. The predicted molar refractivity (Wildman–Crippen MR) is 64.6 cm³/mol. The summed E-state index contributed by atoms with van der Waals surface area (Å²) in [7, 11) is 2.01. The van der Waals surface area contributed by atoms with Crippen molar-refractivity contribution in [3.05, 3.63) is 12.2 Å². The monoisotopic (exact) mass is 209 g/mol. The minimum Gasteiger partial charge on any atom is -0.308 e. The van der Waals surface area contributed by atoms with E-state index in [2.05, 4.69) is 43.6 Å². The summed E-state index contributed by atoms with van der Waals surface area (Å²) in [5.41, 5.74) is 1.29. The molecule has 0 spiro atoms. The van der Waals surface area contributed by atoms with Crippen LogP contribution < -0.4 is 5.32 Å². The molecule has 0 aliphatic heterocycles. The molecule has 3 nitrogen and oxygen atoms in total. The number of nitriles is 1. The van der Waals surface area contributed by atoms with Gasteiger partial charge in [-0.05, 0) is 33.4 Å². The van der Waals surface area contributed by atoms with Crippen LogP contribution in [-0.2, 0) is 0 Å². The molecule has 0 aliphatic carbocycles. The van der Waals surface area contributed by atoms with Gasteiger partial charge in [-0.15, -0.1) is 0 Å². The van der Waals surface area contributed by atoms with Gasteiger partial charge in [0.1, 0.15) is 0 Å². The number of nitrogens with zero attached hydrogens (tertiary/aromatic N) is 2. The Balaban J connectivity index is 3.70. The Morgan fingerprint density at radius 1 is 1.47 bits per heavy atom. The molecule has 0 unspecified atom stereocenters. The molecule has 0 saturated heterocycles. The fourth-order valence-corrected chi connectivity index (χ4v) is 1.15. The van der Waals surface area contributed by atoms with Crippen LogP contribution in [0.25, 0.3) is 0 Å². The van der Waals surface area contributed by atoms with Gasteiger partial charge >= 0.3 is 0 Å². The van der Waals surface area contributed by atoms with Crippen LogP contribution in [0.3, 0.4) is 0 Å². The summed E-state index contributed by atoms with van der Waals surface area (Å²) < 4.78 is 0. The summed E-state index contributed by atoms with van der Waals surface area (Å²) in [6.45, 7) is 12.9. The normalized spacial score (nSPS) is 11.5. The van der Waals surface area contributed by atoms with Crippen molar-refractivity contribution >= 4 is 0 Å². The molecule has 0 radical (unpaired) electrons. The highest BCUT2D eigenvalue weighted by molar-refractivity contribution is 5.00. The van der Waals surface area contributed by atoms with Crippen molar-refractivity contribution in [2.75, 3.05) is 26.7 Å². The standard InChI is InChI=1S/C12H23N3/c1-11(9-14-12(2,3)4)10-15(5)8-6-7-13/h14H,1,6,8-10H2,2-5H3. The number of hydrogen-bond donors (Lipinski definition) is 1. The van der Waals surface area contributed by atoms with Gasteiger partial charge in [0.25, 0.3) is 0 Å². The van der Waals surface area contributed by atoms with Gasteiger partial charge in [0.2, 0.25) is 0 Å². The molecular weight excluding hydrogens is 186 g/mol. The first-order chi connectivity index (χ1) is 6.85. The lowest BCUT2D eigenvalue weighted by Crippen LogP contribution is -2.38. The van der Waals surface area contributed by atoms with E-state index in [-0.39, 0.29) is 5.54 Å². The van der Waals surface area contributed by atoms with E-state index in [1.54, 1.807) is 0 Å². The summed E-state index contributed by atoms with van der Waals surface area (Å²) in [6.07, 6.45) is 0.580. The van der Waals surface area contributed by atoms with Crippen molar-refractivity contribution in [3.8, 4) is 6.07 Å². The largest absolute Gasteiger partial charge is 0.308 e. The first-order valence-corrected chi connectivity index (χ1v) is 5.32. The van der Waals surface area contributed by atoms with Crippen molar-refractivity contribution in [1.82, 2.24) is 10.2 Å². The number of rotatable bonds is 6. The lowest BCUT2D eigenvalue weighted by Gasteiger charge is -2.23. The quantitative estimate of drug-likeness (QED) is 0.678. The highest BCUT2D eigenvalue weighted by Gasteiger charge is 2.09. The average Bonchev–Trinajstić information content (AvgIpc) is 2.10. The zero-order valence-electron chi connectivity index (χ0n) is 10.4.